The molecular weight excluding hydrogens is 150 g/mol. The van der Waals surface area contributed by atoms with Crippen molar-refractivity contribution in [1.29, 1.82) is 0 Å². The fourth-order valence-electron chi connectivity index (χ4n) is 1.40. The first-order chi connectivity index (χ1) is 5.79. The van der Waals surface area contributed by atoms with Crippen LogP contribution in [-0.4, -0.2) is 4.98 Å². The van der Waals surface area contributed by atoms with E-state index in [1.165, 1.54) is 0 Å². The van der Waals surface area contributed by atoms with Crippen molar-refractivity contribution in [3.05, 3.63) is 24.0 Å². The number of hydrogen-bond donors (Lipinski definition) is 0. The minimum atomic E-state index is 0.216. The normalized spacial score (nSPS) is 20.1. The van der Waals surface area contributed by atoms with Crippen LogP contribution in [-0.2, 0) is 0 Å². The van der Waals surface area contributed by atoms with Crippen molar-refractivity contribution in [3.63, 3.8) is 0 Å². The summed E-state index contributed by atoms with van der Waals surface area (Å²) in [5.74, 6) is 0.499. The van der Waals surface area contributed by atoms with E-state index in [2.05, 4.69) is 29.1 Å². The van der Waals surface area contributed by atoms with Crippen molar-refractivity contribution >= 4 is 5.69 Å². The van der Waals surface area contributed by atoms with Crippen LogP contribution >= 0.6 is 0 Å². The van der Waals surface area contributed by atoms with E-state index in [9.17, 15) is 0 Å². The summed E-state index contributed by atoms with van der Waals surface area (Å²) in [5.41, 5.74) is 2.14. The summed E-state index contributed by atoms with van der Waals surface area (Å²) in [7, 11) is 0. The molecule has 1 atom stereocenters. The van der Waals surface area contributed by atoms with Gasteiger partial charge in [-0.3, -0.25) is 4.98 Å². The molecule has 0 bridgehead atoms. The Balaban J connectivity index is 2.42. The number of fused-ring (bicyclic) bond motifs is 1. The van der Waals surface area contributed by atoms with Crippen molar-refractivity contribution in [2.75, 3.05) is 0 Å². The van der Waals surface area contributed by atoms with Crippen LogP contribution < -0.4 is 0 Å². The monoisotopic (exact) mass is 161 g/mol. The largest absolute Gasteiger partial charge is 0.264 e. The number of aromatic nitrogens is 1. The van der Waals surface area contributed by atoms with E-state index >= 15 is 0 Å². The molecule has 1 aromatic rings. The molecule has 62 valence electrons. The molecule has 0 spiro atoms. The third kappa shape index (κ3) is 1.02. The molecule has 1 aliphatic heterocycles. The molecule has 3 heteroatoms. The van der Waals surface area contributed by atoms with Crippen LogP contribution in [0.1, 0.15) is 25.5 Å². The van der Waals surface area contributed by atoms with Crippen molar-refractivity contribution in [1.82, 2.24) is 4.98 Å². The van der Waals surface area contributed by atoms with E-state index in [1.54, 1.807) is 6.20 Å². The molecule has 1 aromatic heterocycles. The van der Waals surface area contributed by atoms with Gasteiger partial charge in [0.05, 0.1) is 5.69 Å². The van der Waals surface area contributed by atoms with Crippen LogP contribution in [0.5, 0.6) is 0 Å². The van der Waals surface area contributed by atoms with E-state index in [0.29, 0.717) is 5.92 Å². The lowest BCUT2D eigenvalue weighted by atomic mass is 9.98. The molecule has 0 amide bonds. The van der Waals surface area contributed by atoms with E-state index in [1.807, 2.05) is 12.3 Å². The maximum atomic E-state index is 4.19. The summed E-state index contributed by atoms with van der Waals surface area (Å²) in [6.07, 6.45) is 3.61. The van der Waals surface area contributed by atoms with Gasteiger partial charge in [-0.15, -0.1) is 0 Å². The lowest BCUT2D eigenvalue weighted by molar-refractivity contribution is 0.514. The highest BCUT2D eigenvalue weighted by Gasteiger charge is 2.22. The number of rotatable bonds is 1. The molecule has 0 aliphatic carbocycles. The topological polar surface area (TPSA) is 37.6 Å². The maximum Gasteiger partial charge on any atom is 0.102 e. The Hall–Kier alpha value is -1.25. The molecule has 0 radical (unpaired) electrons. The van der Waals surface area contributed by atoms with E-state index in [4.69, 9.17) is 0 Å². The molecule has 1 unspecified atom stereocenters. The van der Waals surface area contributed by atoms with Gasteiger partial charge in [-0.2, -0.15) is 10.2 Å². The summed E-state index contributed by atoms with van der Waals surface area (Å²) in [6.45, 7) is 4.29. The molecule has 0 saturated heterocycles. The summed E-state index contributed by atoms with van der Waals surface area (Å²) in [6, 6.07) is 2.12. The predicted molar refractivity (Wildman–Crippen MR) is 46.3 cm³/mol. The summed E-state index contributed by atoms with van der Waals surface area (Å²) >= 11 is 0. The summed E-state index contributed by atoms with van der Waals surface area (Å²) in [5, 5.41) is 8.28. The number of hydrogen-bond acceptors (Lipinski definition) is 3. The Morgan fingerprint density at radius 1 is 1.42 bits per heavy atom. The Morgan fingerprint density at radius 2 is 2.25 bits per heavy atom. The second-order valence-corrected chi connectivity index (χ2v) is 3.34. The fourth-order valence-corrected chi connectivity index (χ4v) is 1.40. The van der Waals surface area contributed by atoms with Gasteiger partial charge in [-0.1, -0.05) is 13.8 Å². The van der Waals surface area contributed by atoms with Gasteiger partial charge in [0.1, 0.15) is 6.04 Å². The smallest absolute Gasteiger partial charge is 0.102 e. The zero-order valence-electron chi connectivity index (χ0n) is 7.23. The van der Waals surface area contributed by atoms with Gasteiger partial charge in [-0.05, 0) is 12.0 Å². The Morgan fingerprint density at radius 3 is 3.00 bits per heavy atom. The first-order valence-corrected chi connectivity index (χ1v) is 4.14. The average Bonchev–Trinajstić information content (AvgIpc) is 2.47. The second-order valence-electron chi connectivity index (χ2n) is 3.34. The first kappa shape index (κ1) is 7.40. The van der Waals surface area contributed by atoms with Crippen LogP contribution in [0.3, 0.4) is 0 Å². The molecular formula is C9H11N3. The molecule has 1 aliphatic rings. The molecule has 2 heterocycles. The molecule has 0 N–H and O–H groups in total. The SMILES string of the molecule is CC(C)C1N=Nc2ccncc21. The Kier molecular flexibility index (Phi) is 1.64. The number of nitrogens with zero attached hydrogens (tertiary/aromatic N) is 3. The summed E-state index contributed by atoms with van der Waals surface area (Å²) in [4.78, 5) is 4.07. The molecule has 0 aromatic carbocycles. The zero-order valence-corrected chi connectivity index (χ0v) is 7.23. The van der Waals surface area contributed by atoms with Gasteiger partial charge in [0.2, 0.25) is 0 Å². The fraction of sp³-hybridized carbons (Fsp3) is 0.444. The lowest BCUT2D eigenvalue weighted by Crippen LogP contribution is -2.00. The number of azo groups is 1. The third-order valence-corrected chi connectivity index (χ3v) is 2.07. The highest BCUT2D eigenvalue weighted by Crippen LogP contribution is 2.38. The molecule has 3 nitrogen and oxygen atoms in total. The average molecular weight is 161 g/mol. The number of pyridine rings is 1. The van der Waals surface area contributed by atoms with E-state index in [0.717, 1.165) is 11.3 Å². The third-order valence-electron chi connectivity index (χ3n) is 2.07. The van der Waals surface area contributed by atoms with Crippen LogP contribution in [0.15, 0.2) is 28.7 Å². The molecule has 0 saturated carbocycles. The van der Waals surface area contributed by atoms with Crippen molar-refractivity contribution in [3.8, 4) is 0 Å². The van der Waals surface area contributed by atoms with Crippen molar-refractivity contribution in [2.45, 2.75) is 19.9 Å². The minimum absolute atomic E-state index is 0.216. The van der Waals surface area contributed by atoms with Gasteiger partial charge in [0.15, 0.2) is 0 Å². The molecule has 12 heavy (non-hydrogen) atoms. The Labute approximate surface area is 71.6 Å². The standard InChI is InChI=1S/C9H11N3/c1-6(2)9-7-5-10-4-3-8(7)11-12-9/h3-6,9H,1-2H3. The van der Waals surface area contributed by atoms with Crippen LogP contribution in [0.4, 0.5) is 5.69 Å². The van der Waals surface area contributed by atoms with Crippen molar-refractivity contribution < 1.29 is 0 Å². The molecule has 0 fully saturated rings. The minimum Gasteiger partial charge on any atom is -0.264 e. The van der Waals surface area contributed by atoms with E-state index < -0.39 is 0 Å². The maximum absolute atomic E-state index is 4.19. The van der Waals surface area contributed by atoms with Gasteiger partial charge in [0, 0.05) is 18.0 Å². The summed E-state index contributed by atoms with van der Waals surface area (Å²) < 4.78 is 0. The highest BCUT2D eigenvalue weighted by molar-refractivity contribution is 5.47. The van der Waals surface area contributed by atoms with E-state index in [-0.39, 0.29) is 6.04 Å². The lowest BCUT2D eigenvalue weighted by Gasteiger charge is -2.09. The van der Waals surface area contributed by atoms with Crippen LogP contribution in [0, 0.1) is 5.92 Å². The predicted octanol–water partition coefficient (Wildman–Crippen LogP) is 2.88. The van der Waals surface area contributed by atoms with Gasteiger partial charge >= 0.3 is 0 Å². The van der Waals surface area contributed by atoms with Gasteiger partial charge in [0.25, 0.3) is 0 Å². The van der Waals surface area contributed by atoms with Crippen molar-refractivity contribution in [2.24, 2.45) is 16.1 Å². The van der Waals surface area contributed by atoms with Crippen LogP contribution in [0.2, 0.25) is 0 Å². The Bertz CT molecular complexity index is 317. The first-order valence-electron chi connectivity index (χ1n) is 4.14. The van der Waals surface area contributed by atoms with Crippen LogP contribution in [0.25, 0.3) is 0 Å². The van der Waals surface area contributed by atoms with Gasteiger partial charge < -0.3 is 0 Å². The molecule has 2 rings (SSSR count). The zero-order chi connectivity index (χ0) is 8.55. The highest BCUT2D eigenvalue weighted by atomic mass is 15.2. The second kappa shape index (κ2) is 2.66. The van der Waals surface area contributed by atoms with Gasteiger partial charge in [-0.25, -0.2) is 0 Å². The quantitative estimate of drug-likeness (QED) is 0.624.